The molecule has 0 spiro atoms. The Hall–Kier alpha value is -4.13. The zero-order chi connectivity index (χ0) is 27.9. The second kappa shape index (κ2) is 10.2. The number of piperazine rings is 1. The van der Waals surface area contributed by atoms with Crippen molar-refractivity contribution in [3.05, 3.63) is 65.6 Å². The van der Waals surface area contributed by atoms with E-state index in [0.717, 1.165) is 21.9 Å². The number of anilines is 1. The summed E-state index contributed by atoms with van der Waals surface area (Å²) in [5.74, 6) is -1.22. The van der Waals surface area contributed by atoms with E-state index in [0.29, 0.717) is 34.0 Å². The number of halogens is 2. The molecule has 2 aromatic carbocycles. The summed E-state index contributed by atoms with van der Waals surface area (Å²) in [6.07, 6.45) is 1.74. The number of quaternary nitrogens is 1. The molecule has 0 radical (unpaired) electrons. The molecule has 1 fully saturated rings. The summed E-state index contributed by atoms with van der Waals surface area (Å²) >= 11 is 7.00. The van der Waals surface area contributed by atoms with Crippen LogP contribution in [0.5, 0.6) is 6.01 Å². The summed E-state index contributed by atoms with van der Waals surface area (Å²) in [5, 5.41) is 12.6. The number of methoxy groups -OCH3 is 1. The van der Waals surface area contributed by atoms with E-state index in [2.05, 4.69) is 22.6 Å². The number of hydrogen-bond donors (Lipinski definition) is 0. The van der Waals surface area contributed by atoms with Gasteiger partial charge in [-0.1, -0.05) is 54.6 Å². The highest BCUT2D eigenvalue weighted by atomic mass is 35.5. The number of likely N-dealkylation sites (N-methyl/N-ethyl adjacent to an activating group) is 1. The Morgan fingerprint density at radius 2 is 2.05 bits per heavy atom. The van der Waals surface area contributed by atoms with E-state index in [1.54, 1.807) is 13.2 Å². The fraction of sp³-hybridized carbons (Fsp3) is 0.276. The number of pyridine rings is 1. The number of carbonyl (C=O) groups excluding carboxylic acids is 1. The van der Waals surface area contributed by atoms with Gasteiger partial charge in [0.05, 0.1) is 55.8 Å². The molecule has 0 saturated carbocycles. The van der Waals surface area contributed by atoms with Gasteiger partial charge in [0, 0.05) is 11.8 Å². The van der Waals surface area contributed by atoms with E-state index in [-0.39, 0.29) is 30.0 Å². The molecule has 4 aromatic rings. The van der Waals surface area contributed by atoms with E-state index in [1.807, 2.05) is 48.2 Å². The van der Waals surface area contributed by atoms with Crippen molar-refractivity contribution in [2.45, 2.75) is 19.4 Å². The fourth-order valence-corrected chi connectivity index (χ4v) is 5.71. The number of nitriles is 1. The number of benzene rings is 2. The van der Waals surface area contributed by atoms with Crippen LogP contribution in [0.25, 0.3) is 32.9 Å². The van der Waals surface area contributed by atoms with E-state index in [9.17, 15) is 14.4 Å². The molecule has 1 aliphatic heterocycles. The first-order valence-corrected chi connectivity index (χ1v) is 12.8. The topological polar surface area (TPSA) is 92.0 Å². The Morgan fingerprint density at radius 1 is 1.31 bits per heavy atom. The summed E-state index contributed by atoms with van der Waals surface area (Å²) in [6.45, 7) is 6.15. The zero-order valence-corrected chi connectivity index (χ0v) is 22.7. The van der Waals surface area contributed by atoms with Crippen LogP contribution in [-0.2, 0) is 4.79 Å². The highest BCUT2D eigenvalue weighted by Gasteiger charge is 2.46. The molecule has 1 aliphatic rings. The lowest BCUT2D eigenvalue weighted by Crippen LogP contribution is -2.66. The van der Waals surface area contributed by atoms with E-state index < -0.39 is 17.8 Å². The van der Waals surface area contributed by atoms with Gasteiger partial charge in [-0.3, -0.25) is 9.47 Å². The molecule has 198 valence electrons. The van der Waals surface area contributed by atoms with Gasteiger partial charge in [-0.05, 0) is 23.3 Å². The van der Waals surface area contributed by atoms with Crippen LogP contribution in [0, 0.1) is 18.3 Å². The molecule has 1 saturated heterocycles. The van der Waals surface area contributed by atoms with Crippen molar-refractivity contribution in [3.8, 4) is 23.3 Å². The molecule has 1 amide bonds. The van der Waals surface area contributed by atoms with Crippen molar-refractivity contribution < 1.29 is 18.4 Å². The normalized spacial score (nSPS) is 19.2. The molecule has 2 atom stereocenters. The molecule has 0 bridgehead atoms. The number of fused-ring (bicyclic) bond motifs is 2. The predicted molar refractivity (Wildman–Crippen MR) is 149 cm³/mol. The minimum Gasteiger partial charge on any atom is -0.467 e. The van der Waals surface area contributed by atoms with Crippen LogP contribution in [-0.4, -0.2) is 65.2 Å². The number of aromatic nitrogens is 3. The van der Waals surface area contributed by atoms with Crippen LogP contribution in [0.4, 0.5) is 10.2 Å². The zero-order valence-electron chi connectivity index (χ0n) is 21.9. The van der Waals surface area contributed by atoms with Crippen molar-refractivity contribution in [2.75, 3.05) is 38.7 Å². The molecular formula is C29H27ClFN6O2+. The van der Waals surface area contributed by atoms with Gasteiger partial charge in [-0.15, -0.1) is 0 Å². The molecule has 1 unspecified atom stereocenters. The number of amides is 1. The van der Waals surface area contributed by atoms with Gasteiger partial charge < -0.3 is 9.64 Å². The molecule has 0 N–H and O–H groups in total. The number of aryl methyl sites for hydroxylation is 1. The number of carbonyl (C=O) groups is 1. The van der Waals surface area contributed by atoms with Crippen LogP contribution in [0.3, 0.4) is 0 Å². The number of nitrogens with zero attached hydrogens (tertiary/aromatic N) is 6. The quantitative estimate of drug-likeness (QED) is 0.246. The van der Waals surface area contributed by atoms with Crippen molar-refractivity contribution in [3.63, 3.8) is 0 Å². The van der Waals surface area contributed by atoms with Crippen molar-refractivity contribution in [1.29, 1.82) is 5.26 Å². The van der Waals surface area contributed by atoms with Crippen LogP contribution < -0.4 is 9.64 Å². The Bertz CT molecular complexity index is 1680. The fourth-order valence-electron chi connectivity index (χ4n) is 5.41. The van der Waals surface area contributed by atoms with E-state index in [1.165, 1.54) is 7.11 Å². The van der Waals surface area contributed by atoms with Crippen LogP contribution >= 0.6 is 11.6 Å². The van der Waals surface area contributed by atoms with Gasteiger partial charge >= 0.3 is 11.9 Å². The van der Waals surface area contributed by atoms with Gasteiger partial charge in [-0.25, -0.2) is 4.79 Å². The van der Waals surface area contributed by atoms with Crippen LogP contribution in [0.15, 0.2) is 55.0 Å². The summed E-state index contributed by atoms with van der Waals surface area (Å²) in [7, 11) is 3.12. The maximum absolute atomic E-state index is 13.9. The molecule has 8 nitrogen and oxygen atoms in total. The Morgan fingerprint density at radius 3 is 2.74 bits per heavy atom. The first-order chi connectivity index (χ1) is 18.7. The molecule has 5 rings (SSSR count). The summed E-state index contributed by atoms with van der Waals surface area (Å²) in [5.41, 5.74) is 3.06. The average molecular weight is 546 g/mol. The third-order valence-electron chi connectivity index (χ3n) is 7.59. The molecular weight excluding hydrogens is 519 g/mol. The maximum atomic E-state index is 13.9. The number of ether oxygens (including phenoxy) is 1. The van der Waals surface area contributed by atoms with Gasteiger partial charge in [-0.2, -0.15) is 19.6 Å². The van der Waals surface area contributed by atoms with Gasteiger partial charge in [0.2, 0.25) is 5.83 Å². The molecule has 0 aliphatic carbocycles. The van der Waals surface area contributed by atoms with E-state index >= 15 is 0 Å². The minimum atomic E-state index is -1.02. The van der Waals surface area contributed by atoms with Gasteiger partial charge in [0.15, 0.2) is 0 Å². The molecule has 2 aromatic heterocycles. The first-order valence-electron chi connectivity index (χ1n) is 12.4. The standard InChI is InChI=1S/C29H27ClFN6O2/c1-17-7-5-8-19-9-6-10-21(23(17)19)25-24(30)26-22(15-33-25)27(35-29(34-26)39-4)36-13-14-37(3,28(38)18(2)31)20(16-36)11-12-32/h5-10,15,20H,2,11,13-14,16H2,1,3-4H3/q+1/t20-,37?/m0/s1. The van der Waals surface area contributed by atoms with Gasteiger partial charge in [0.1, 0.15) is 23.9 Å². The monoisotopic (exact) mass is 545 g/mol. The SMILES string of the molecule is C=C(F)C(=O)[N+]1(C)CCN(c2nc(OC)nc3c(Cl)c(-c4cccc5cccc(C)c45)ncc23)C[C@@H]1CC#N. The summed E-state index contributed by atoms with van der Waals surface area (Å²) < 4.78 is 19.1. The van der Waals surface area contributed by atoms with E-state index in [4.69, 9.17) is 21.3 Å². The lowest BCUT2D eigenvalue weighted by molar-refractivity contribution is -0.859. The third-order valence-corrected chi connectivity index (χ3v) is 7.95. The highest BCUT2D eigenvalue weighted by Crippen LogP contribution is 2.39. The van der Waals surface area contributed by atoms with Crippen molar-refractivity contribution >= 4 is 45.0 Å². The number of rotatable bonds is 5. The highest BCUT2D eigenvalue weighted by molar-refractivity contribution is 6.38. The summed E-state index contributed by atoms with van der Waals surface area (Å²) in [4.78, 5) is 28.6. The lowest BCUT2D eigenvalue weighted by atomic mass is 9.97. The molecule has 3 heterocycles. The van der Waals surface area contributed by atoms with Crippen LogP contribution in [0.1, 0.15) is 12.0 Å². The lowest BCUT2D eigenvalue weighted by Gasteiger charge is -2.45. The second-order valence-corrected chi connectivity index (χ2v) is 10.2. The van der Waals surface area contributed by atoms with Crippen LogP contribution in [0.2, 0.25) is 5.02 Å². The largest absolute Gasteiger partial charge is 0.467 e. The molecule has 10 heteroatoms. The molecule has 39 heavy (non-hydrogen) atoms. The smallest absolute Gasteiger partial charge is 0.373 e. The number of hydrogen-bond acceptors (Lipinski definition) is 7. The van der Waals surface area contributed by atoms with Crippen molar-refractivity contribution in [1.82, 2.24) is 15.0 Å². The summed E-state index contributed by atoms with van der Waals surface area (Å²) in [6, 6.07) is 13.9. The third kappa shape index (κ3) is 4.46. The average Bonchev–Trinajstić information content (AvgIpc) is 2.93. The predicted octanol–water partition coefficient (Wildman–Crippen LogP) is 5.37. The Balaban J connectivity index is 1.64. The van der Waals surface area contributed by atoms with Crippen molar-refractivity contribution in [2.24, 2.45) is 0 Å². The Kier molecular flexibility index (Phi) is 6.93. The Labute approximate surface area is 230 Å². The first kappa shape index (κ1) is 26.5. The maximum Gasteiger partial charge on any atom is 0.373 e. The van der Waals surface area contributed by atoms with Gasteiger partial charge in [0.25, 0.3) is 0 Å². The second-order valence-electron chi connectivity index (χ2n) is 9.86. The minimum absolute atomic E-state index is 0.0513.